The number of likely N-dealkylation sites (N-methyl/N-ethyl adjacent to an activating group) is 1. The van der Waals surface area contributed by atoms with Gasteiger partial charge in [0.2, 0.25) is 0 Å². The number of aliphatic hydroxyl groups excluding tert-OH is 1. The number of benzene rings is 2. The molecule has 3 N–H and O–H groups in total. The number of aliphatic hydroxyl groups is 1. The van der Waals surface area contributed by atoms with Crippen molar-refractivity contribution >= 4 is 10.3 Å². The molecule has 0 aromatic heterocycles. The third-order valence-corrected chi connectivity index (χ3v) is 9.99. The fraction of sp³-hybridized carbons (Fsp3) is 0.586. The Bertz CT molecular complexity index is 1250. The Kier molecular flexibility index (Phi) is 6.84. The lowest BCUT2D eigenvalue weighted by Crippen LogP contribution is -2.52. The monoisotopic (exact) mass is 528 g/mol. The molecule has 0 heterocycles. The van der Waals surface area contributed by atoms with Crippen LogP contribution in [0.3, 0.4) is 0 Å². The smallest absolute Gasteiger partial charge is 0.380 e. The van der Waals surface area contributed by atoms with Gasteiger partial charge in [0, 0.05) is 6.54 Å². The van der Waals surface area contributed by atoms with Crippen molar-refractivity contribution < 1.29 is 22.4 Å². The number of hydrogen-bond donors (Lipinski definition) is 2. The second kappa shape index (κ2) is 9.56. The summed E-state index contributed by atoms with van der Waals surface area (Å²) < 4.78 is 34.0. The van der Waals surface area contributed by atoms with E-state index in [1.54, 1.807) is 6.07 Å². The topological polar surface area (TPSA) is 102 Å². The van der Waals surface area contributed by atoms with E-state index in [-0.39, 0.29) is 34.5 Å². The molecule has 5 rings (SSSR count). The van der Waals surface area contributed by atoms with Gasteiger partial charge in [0.25, 0.3) is 0 Å². The van der Waals surface area contributed by atoms with Crippen LogP contribution in [-0.2, 0) is 16.7 Å². The molecule has 3 aliphatic carbocycles. The third kappa shape index (κ3) is 4.89. The number of hydrogen-bond acceptors (Lipinski definition) is 6. The summed E-state index contributed by atoms with van der Waals surface area (Å²) in [6, 6.07) is 14.1. The summed E-state index contributed by atoms with van der Waals surface area (Å²) in [6.07, 6.45) is 4.34. The molecular weight excluding hydrogens is 488 g/mol. The molecule has 0 saturated heterocycles. The first-order valence-electron chi connectivity index (χ1n) is 13.3. The first kappa shape index (κ1) is 26.5. The molecule has 8 heteroatoms. The van der Waals surface area contributed by atoms with Crippen molar-refractivity contribution in [2.24, 2.45) is 21.9 Å². The molecule has 0 aliphatic heterocycles. The van der Waals surface area contributed by atoms with E-state index in [2.05, 4.69) is 43.0 Å². The van der Waals surface area contributed by atoms with Crippen molar-refractivity contribution in [2.75, 3.05) is 27.2 Å². The van der Waals surface area contributed by atoms with Crippen LogP contribution in [0.4, 0.5) is 0 Å². The highest BCUT2D eigenvalue weighted by atomic mass is 32.2. The van der Waals surface area contributed by atoms with Gasteiger partial charge in [0.05, 0.1) is 6.10 Å². The van der Waals surface area contributed by atoms with Gasteiger partial charge in [-0.15, -0.1) is 0 Å². The van der Waals surface area contributed by atoms with Gasteiger partial charge in [-0.25, -0.2) is 0 Å². The molecule has 3 aliphatic rings. The van der Waals surface area contributed by atoms with Crippen LogP contribution in [0.25, 0.3) is 0 Å². The number of nitrogens with zero attached hydrogens (tertiary/aromatic N) is 1. The minimum absolute atomic E-state index is 0.0192. The quantitative estimate of drug-likeness (QED) is 0.558. The van der Waals surface area contributed by atoms with Gasteiger partial charge < -0.3 is 18.9 Å². The fourth-order valence-corrected chi connectivity index (χ4v) is 8.28. The lowest BCUT2D eigenvalue weighted by Gasteiger charge is -2.60. The summed E-state index contributed by atoms with van der Waals surface area (Å²) in [4.78, 5) is 2.10. The van der Waals surface area contributed by atoms with Crippen LogP contribution in [-0.4, -0.2) is 51.8 Å². The summed E-state index contributed by atoms with van der Waals surface area (Å²) in [5.41, 5.74) is 3.53. The highest BCUT2D eigenvalue weighted by molar-refractivity contribution is 7.84. The maximum Gasteiger partial charge on any atom is 0.380 e. The van der Waals surface area contributed by atoms with E-state index in [1.165, 1.54) is 11.1 Å². The lowest BCUT2D eigenvalue weighted by atomic mass is 9.44. The zero-order valence-electron chi connectivity index (χ0n) is 22.3. The summed E-state index contributed by atoms with van der Waals surface area (Å²) in [5.74, 6) is 2.03. The average Bonchev–Trinajstić information content (AvgIpc) is 3.12. The SMILES string of the molecule is CN(C)CCOc1ccc([C@H]2C[C@@]3(C)C(CC[C@@H]3O)[C@]3(C)CCc4cc(OS(N)(=O)=O)ccc4C23)cc1. The Morgan fingerprint density at radius 3 is 2.43 bits per heavy atom. The minimum atomic E-state index is -4.08. The highest BCUT2D eigenvalue weighted by Gasteiger charge is 2.62. The normalized spacial score (nSPS) is 32.9. The summed E-state index contributed by atoms with van der Waals surface area (Å²) in [6.45, 7) is 6.21. The van der Waals surface area contributed by atoms with Crippen molar-refractivity contribution in [1.82, 2.24) is 4.90 Å². The van der Waals surface area contributed by atoms with E-state index in [9.17, 15) is 13.5 Å². The standard InChI is InChI=1S/C29H40N2O5S/c1-28-14-13-20-17-22(36-37(30,33)34)9-10-23(20)27(28)24(18-29(2)25(28)11-12-26(29)32)19-5-7-21(8-6-19)35-16-15-31(3)4/h5-10,17,24-27,32H,11-16,18H2,1-4H3,(H2,30,33,34)/t24-,25?,26+,27?,28+,29+/m1/s1. The summed E-state index contributed by atoms with van der Waals surface area (Å²) in [7, 11) is -0.0137. The number of ether oxygens (including phenoxy) is 1. The van der Waals surface area contributed by atoms with E-state index in [1.807, 2.05) is 26.2 Å². The summed E-state index contributed by atoms with van der Waals surface area (Å²) in [5, 5.41) is 16.3. The van der Waals surface area contributed by atoms with Crippen molar-refractivity contribution in [3.63, 3.8) is 0 Å². The van der Waals surface area contributed by atoms with Crippen LogP contribution < -0.4 is 14.1 Å². The molecule has 0 radical (unpaired) electrons. The Labute approximate surface area is 221 Å². The number of rotatable bonds is 7. The number of aryl methyl sites for hydroxylation is 1. The second-order valence-corrected chi connectivity index (χ2v) is 13.3. The zero-order chi connectivity index (χ0) is 26.6. The highest BCUT2D eigenvalue weighted by Crippen LogP contribution is 2.70. The predicted octanol–water partition coefficient (Wildman–Crippen LogP) is 4.21. The minimum Gasteiger partial charge on any atom is -0.492 e. The molecule has 202 valence electrons. The molecule has 6 atom stereocenters. The van der Waals surface area contributed by atoms with Gasteiger partial charge in [0.15, 0.2) is 0 Å². The largest absolute Gasteiger partial charge is 0.492 e. The molecule has 2 saturated carbocycles. The van der Waals surface area contributed by atoms with E-state index >= 15 is 0 Å². The van der Waals surface area contributed by atoms with Crippen LogP contribution in [0.1, 0.15) is 68.1 Å². The fourth-order valence-electron chi connectivity index (χ4n) is 7.91. The second-order valence-electron chi connectivity index (χ2n) is 12.1. The van der Waals surface area contributed by atoms with Crippen molar-refractivity contribution in [2.45, 2.75) is 63.9 Å². The molecule has 0 bridgehead atoms. The molecular formula is C29H40N2O5S. The third-order valence-electron chi connectivity index (χ3n) is 9.57. The van der Waals surface area contributed by atoms with Crippen LogP contribution in [0.2, 0.25) is 0 Å². The Hall–Kier alpha value is -2.13. The molecule has 2 fully saturated rings. The van der Waals surface area contributed by atoms with Gasteiger partial charge in [-0.3, -0.25) is 0 Å². The van der Waals surface area contributed by atoms with Gasteiger partial charge in [-0.2, -0.15) is 13.6 Å². The van der Waals surface area contributed by atoms with Gasteiger partial charge in [-0.1, -0.05) is 32.0 Å². The summed E-state index contributed by atoms with van der Waals surface area (Å²) >= 11 is 0. The van der Waals surface area contributed by atoms with Gasteiger partial charge in [0.1, 0.15) is 18.1 Å². The first-order valence-corrected chi connectivity index (χ1v) is 14.8. The van der Waals surface area contributed by atoms with E-state index in [4.69, 9.17) is 14.1 Å². The van der Waals surface area contributed by atoms with E-state index in [0.29, 0.717) is 12.5 Å². The predicted molar refractivity (Wildman–Crippen MR) is 144 cm³/mol. The number of fused-ring (bicyclic) bond motifs is 5. The molecule has 37 heavy (non-hydrogen) atoms. The van der Waals surface area contributed by atoms with Crippen LogP contribution >= 0.6 is 0 Å². The van der Waals surface area contributed by atoms with Gasteiger partial charge >= 0.3 is 10.3 Å². The Morgan fingerprint density at radius 2 is 1.76 bits per heavy atom. The molecule has 7 nitrogen and oxygen atoms in total. The van der Waals surface area contributed by atoms with Crippen LogP contribution in [0.5, 0.6) is 11.5 Å². The lowest BCUT2D eigenvalue weighted by molar-refractivity contribution is -0.0768. The van der Waals surface area contributed by atoms with Gasteiger partial charge in [-0.05, 0) is 116 Å². The average molecular weight is 529 g/mol. The maximum absolute atomic E-state index is 11.5. The maximum atomic E-state index is 11.5. The van der Waals surface area contributed by atoms with Crippen molar-refractivity contribution in [3.8, 4) is 11.5 Å². The first-order chi connectivity index (χ1) is 17.4. The Morgan fingerprint density at radius 1 is 1.05 bits per heavy atom. The van der Waals surface area contributed by atoms with Crippen LogP contribution in [0.15, 0.2) is 42.5 Å². The molecule has 2 aromatic rings. The van der Waals surface area contributed by atoms with Crippen molar-refractivity contribution in [3.05, 3.63) is 59.2 Å². The molecule has 0 spiro atoms. The van der Waals surface area contributed by atoms with Crippen molar-refractivity contribution in [1.29, 1.82) is 0 Å². The zero-order valence-corrected chi connectivity index (χ0v) is 23.1. The number of nitrogens with two attached hydrogens (primary N) is 1. The molecule has 0 amide bonds. The van der Waals surface area contributed by atoms with E-state index < -0.39 is 10.3 Å². The molecule has 2 unspecified atom stereocenters. The van der Waals surface area contributed by atoms with E-state index in [0.717, 1.165) is 50.0 Å². The molecule has 2 aromatic carbocycles. The van der Waals surface area contributed by atoms with Crippen LogP contribution in [0, 0.1) is 16.7 Å². The Balaban J connectivity index is 1.53.